The van der Waals surface area contributed by atoms with Gasteiger partial charge >= 0.3 is 0 Å². The molecule has 0 aliphatic rings. The number of aryl methyl sites for hydroxylation is 3. The molecule has 7 rings (SSSR count). The van der Waals surface area contributed by atoms with Crippen LogP contribution in [0.4, 0.5) is 0 Å². The van der Waals surface area contributed by atoms with Crippen LogP contribution in [0.2, 0.25) is 0 Å². The standard InChI is InChI=1S/C33H26N2/c1-21-17-23(22-15-16-28-26-9-4-6-13-30(26)34(2)32(28)20-22)19-24(18-21)25-11-8-12-29-27-10-5-7-14-31(27)35(3)33(25)29/h4-20H,1-3H3. The molecule has 2 heterocycles. The van der Waals surface area contributed by atoms with E-state index >= 15 is 0 Å². The van der Waals surface area contributed by atoms with Crippen molar-refractivity contribution in [3.63, 3.8) is 0 Å². The van der Waals surface area contributed by atoms with Crippen LogP contribution in [0.15, 0.2) is 103 Å². The fourth-order valence-electron chi connectivity index (χ4n) is 5.91. The van der Waals surface area contributed by atoms with E-state index in [0.29, 0.717) is 0 Å². The molecule has 0 spiro atoms. The van der Waals surface area contributed by atoms with Gasteiger partial charge in [-0.2, -0.15) is 0 Å². The Hall–Kier alpha value is -4.30. The summed E-state index contributed by atoms with van der Waals surface area (Å²) in [6.07, 6.45) is 0. The first kappa shape index (κ1) is 20.1. The van der Waals surface area contributed by atoms with Crippen LogP contribution in [-0.4, -0.2) is 9.13 Å². The number of aromatic nitrogens is 2. The van der Waals surface area contributed by atoms with Crippen molar-refractivity contribution >= 4 is 43.6 Å². The Morgan fingerprint density at radius 3 is 1.89 bits per heavy atom. The van der Waals surface area contributed by atoms with Gasteiger partial charge in [0.15, 0.2) is 0 Å². The van der Waals surface area contributed by atoms with Crippen LogP contribution in [0, 0.1) is 6.92 Å². The normalized spacial score (nSPS) is 11.9. The largest absolute Gasteiger partial charge is 0.344 e. The lowest BCUT2D eigenvalue weighted by atomic mass is 9.95. The number of hydrogen-bond acceptors (Lipinski definition) is 0. The molecule has 0 aliphatic heterocycles. The Kier molecular flexibility index (Phi) is 4.22. The van der Waals surface area contributed by atoms with Gasteiger partial charge in [-0.25, -0.2) is 0 Å². The summed E-state index contributed by atoms with van der Waals surface area (Å²) in [6.45, 7) is 2.20. The SMILES string of the molecule is Cc1cc(-c2ccc3c4ccccc4n(C)c3c2)cc(-c2cccc3c4ccccc4n(C)c23)c1. The molecule has 0 unspecified atom stereocenters. The van der Waals surface area contributed by atoms with E-state index in [4.69, 9.17) is 0 Å². The first-order chi connectivity index (χ1) is 17.1. The molecule has 168 valence electrons. The Bertz CT molecular complexity index is 1930. The predicted octanol–water partition coefficient (Wildman–Crippen LogP) is 8.62. The zero-order chi connectivity index (χ0) is 23.7. The van der Waals surface area contributed by atoms with E-state index in [1.165, 1.54) is 71.4 Å². The first-order valence-electron chi connectivity index (χ1n) is 12.2. The van der Waals surface area contributed by atoms with E-state index < -0.39 is 0 Å². The number of hydrogen-bond donors (Lipinski definition) is 0. The van der Waals surface area contributed by atoms with E-state index in [1.807, 2.05) is 0 Å². The topological polar surface area (TPSA) is 9.86 Å². The van der Waals surface area contributed by atoms with Gasteiger partial charge in [0.05, 0.1) is 5.52 Å². The number of benzene rings is 5. The van der Waals surface area contributed by atoms with Gasteiger partial charge < -0.3 is 9.13 Å². The highest BCUT2D eigenvalue weighted by Gasteiger charge is 2.14. The fourth-order valence-corrected chi connectivity index (χ4v) is 5.91. The highest BCUT2D eigenvalue weighted by atomic mass is 14.9. The van der Waals surface area contributed by atoms with E-state index in [2.05, 4.69) is 133 Å². The van der Waals surface area contributed by atoms with Crippen molar-refractivity contribution in [3.8, 4) is 22.3 Å². The lowest BCUT2D eigenvalue weighted by molar-refractivity contribution is 1.01. The maximum Gasteiger partial charge on any atom is 0.0568 e. The van der Waals surface area contributed by atoms with Crippen LogP contribution in [0.1, 0.15) is 5.56 Å². The minimum atomic E-state index is 1.25. The third kappa shape index (κ3) is 2.90. The van der Waals surface area contributed by atoms with E-state index in [0.717, 1.165) is 0 Å². The van der Waals surface area contributed by atoms with Gasteiger partial charge in [0.25, 0.3) is 0 Å². The van der Waals surface area contributed by atoms with Gasteiger partial charge in [-0.05, 0) is 53.4 Å². The molecule has 0 radical (unpaired) electrons. The average molecular weight is 451 g/mol. The highest BCUT2D eigenvalue weighted by molar-refractivity contribution is 6.13. The molecule has 0 N–H and O–H groups in total. The zero-order valence-electron chi connectivity index (χ0n) is 20.2. The van der Waals surface area contributed by atoms with Gasteiger partial charge in [-0.1, -0.05) is 78.9 Å². The zero-order valence-corrected chi connectivity index (χ0v) is 20.2. The first-order valence-corrected chi connectivity index (χ1v) is 12.2. The molecule has 7 aromatic rings. The Morgan fingerprint density at radius 1 is 0.457 bits per heavy atom. The molecule has 0 atom stereocenters. The smallest absolute Gasteiger partial charge is 0.0568 e. The third-order valence-corrected chi connectivity index (χ3v) is 7.56. The summed E-state index contributed by atoms with van der Waals surface area (Å²) < 4.78 is 4.64. The molecule has 35 heavy (non-hydrogen) atoms. The van der Waals surface area contributed by atoms with Gasteiger partial charge in [0.2, 0.25) is 0 Å². The molecule has 2 aromatic heterocycles. The Labute approximate surface area is 204 Å². The van der Waals surface area contributed by atoms with Crippen molar-refractivity contribution in [2.24, 2.45) is 14.1 Å². The maximum absolute atomic E-state index is 2.35. The van der Waals surface area contributed by atoms with Crippen molar-refractivity contribution in [3.05, 3.63) is 109 Å². The Balaban J connectivity index is 1.45. The van der Waals surface area contributed by atoms with Gasteiger partial charge in [-0.3, -0.25) is 0 Å². The van der Waals surface area contributed by atoms with Crippen LogP contribution in [0.3, 0.4) is 0 Å². The van der Waals surface area contributed by atoms with Crippen LogP contribution >= 0.6 is 0 Å². The summed E-state index contributed by atoms with van der Waals surface area (Å²) in [5.74, 6) is 0. The molecule has 2 nitrogen and oxygen atoms in total. The van der Waals surface area contributed by atoms with Gasteiger partial charge in [0.1, 0.15) is 0 Å². The molecule has 2 heteroatoms. The van der Waals surface area contributed by atoms with E-state index in [9.17, 15) is 0 Å². The number of para-hydroxylation sites is 3. The van der Waals surface area contributed by atoms with E-state index in [1.54, 1.807) is 0 Å². The van der Waals surface area contributed by atoms with Crippen molar-refractivity contribution in [2.45, 2.75) is 6.92 Å². The summed E-state index contributed by atoms with van der Waals surface area (Å²) >= 11 is 0. The lowest BCUT2D eigenvalue weighted by Gasteiger charge is -2.12. The quantitative estimate of drug-likeness (QED) is 0.249. The molecule has 5 aromatic carbocycles. The molecular weight excluding hydrogens is 424 g/mol. The second kappa shape index (κ2) is 7.35. The summed E-state index contributed by atoms with van der Waals surface area (Å²) in [7, 11) is 4.34. The fraction of sp³-hybridized carbons (Fsp3) is 0.0909. The molecule has 0 aliphatic carbocycles. The van der Waals surface area contributed by atoms with Gasteiger partial charge in [0, 0.05) is 57.8 Å². The average Bonchev–Trinajstić information content (AvgIpc) is 3.35. The minimum absolute atomic E-state index is 1.25. The second-order valence-electron chi connectivity index (χ2n) is 9.67. The monoisotopic (exact) mass is 450 g/mol. The van der Waals surface area contributed by atoms with Crippen LogP contribution < -0.4 is 0 Å². The molecule has 0 bridgehead atoms. The lowest BCUT2D eigenvalue weighted by Crippen LogP contribution is -1.91. The number of rotatable bonds is 2. The van der Waals surface area contributed by atoms with Crippen LogP contribution in [0.25, 0.3) is 65.9 Å². The summed E-state index contributed by atoms with van der Waals surface area (Å²) in [6, 6.07) is 37.9. The number of fused-ring (bicyclic) bond motifs is 6. The maximum atomic E-state index is 2.35. The number of nitrogens with zero attached hydrogens (tertiary/aromatic N) is 2. The van der Waals surface area contributed by atoms with Crippen molar-refractivity contribution in [1.29, 1.82) is 0 Å². The molecule has 0 saturated carbocycles. The summed E-state index contributed by atoms with van der Waals surface area (Å²) in [5, 5.41) is 5.23. The molecule has 0 amide bonds. The van der Waals surface area contributed by atoms with Crippen molar-refractivity contribution < 1.29 is 0 Å². The van der Waals surface area contributed by atoms with Crippen molar-refractivity contribution in [2.75, 3.05) is 0 Å². The van der Waals surface area contributed by atoms with Crippen molar-refractivity contribution in [1.82, 2.24) is 9.13 Å². The summed E-state index contributed by atoms with van der Waals surface area (Å²) in [4.78, 5) is 0. The van der Waals surface area contributed by atoms with E-state index in [-0.39, 0.29) is 0 Å². The Morgan fingerprint density at radius 2 is 1.09 bits per heavy atom. The predicted molar refractivity (Wildman–Crippen MR) is 150 cm³/mol. The molecule has 0 fully saturated rings. The molecular formula is C33H26N2. The second-order valence-corrected chi connectivity index (χ2v) is 9.67. The third-order valence-electron chi connectivity index (χ3n) is 7.56. The summed E-state index contributed by atoms with van der Waals surface area (Å²) in [5.41, 5.74) is 11.4. The van der Waals surface area contributed by atoms with Gasteiger partial charge in [-0.15, -0.1) is 0 Å². The van der Waals surface area contributed by atoms with Crippen LogP contribution in [0.5, 0.6) is 0 Å². The minimum Gasteiger partial charge on any atom is -0.344 e. The highest BCUT2D eigenvalue weighted by Crippen LogP contribution is 2.38. The molecule has 0 saturated heterocycles. The van der Waals surface area contributed by atoms with Crippen LogP contribution in [-0.2, 0) is 14.1 Å².